The molecule has 0 bridgehead atoms. The molecule has 1 unspecified atom stereocenters. The molecule has 0 N–H and O–H groups in total. The minimum Gasteiger partial charge on any atom is -0.756 e. The zero-order valence-corrected chi connectivity index (χ0v) is 53.2. The zero-order valence-electron chi connectivity index (χ0n) is 52.3. The van der Waals surface area contributed by atoms with E-state index < -0.39 is 13.9 Å². The molecule has 0 heterocycles. The zero-order chi connectivity index (χ0) is 55.4. The summed E-state index contributed by atoms with van der Waals surface area (Å²) in [5.41, 5.74) is 0. The largest absolute Gasteiger partial charge is 0.756 e. The van der Waals surface area contributed by atoms with Crippen LogP contribution in [0.25, 0.3) is 0 Å². The van der Waals surface area contributed by atoms with Crippen LogP contribution >= 0.6 is 7.82 Å². The van der Waals surface area contributed by atoms with Gasteiger partial charge >= 0.3 is 5.97 Å². The molecule has 0 radical (unpaired) electrons. The highest BCUT2D eigenvalue weighted by Crippen LogP contribution is 2.38. The topological polar surface area (TPSA) is 94.1 Å². The standard InChI is InChI=1S/C67H136NO7P/c1-6-8-10-12-14-16-18-20-22-24-26-28-29-30-31-32-33-34-35-36-37-38-39-40-41-42-44-46-48-50-52-54-56-58-60-67(69)75-66(65-74-76(70,71)73-63-61-68(3,4)5)64-72-62-59-57-55-53-51-49-47-45-43-27-25-23-21-19-17-15-13-11-9-7-2/h66H,6-65H2,1-5H3/t66-/m1/s1. The molecule has 0 aliphatic heterocycles. The normalized spacial score (nSPS) is 13.2. The Morgan fingerprint density at radius 1 is 0.355 bits per heavy atom. The van der Waals surface area contributed by atoms with Crippen molar-refractivity contribution < 1.29 is 37.3 Å². The van der Waals surface area contributed by atoms with E-state index >= 15 is 0 Å². The van der Waals surface area contributed by atoms with Crippen molar-refractivity contribution in [3.63, 3.8) is 0 Å². The fraction of sp³-hybridized carbons (Fsp3) is 0.985. The van der Waals surface area contributed by atoms with Crippen LogP contribution in [0.4, 0.5) is 0 Å². The number of unbranched alkanes of at least 4 members (excludes halogenated alkanes) is 52. The number of phosphoric ester groups is 1. The van der Waals surface area contributed by atoms with Crippen molar-refractivity contribution >= 4 is 13.8 Å². The maximum absolute atomic E-state index is 12.8. The second-order valence-electron chi connectivity index (χ2n) is 24.9. The number of rotatable bonds is 66. The number of quaternary nitrogens is 1. The molecular formula is C67H136NO7P. The highest BCUT2D eigenvalue weighted by atomic mass is 31.2. The van der Waals surface area contributed by atoms with E-state index in [0.717, 1.165) is 32.1 Å². The maximum atomic E-state index is 12.8. The first-order chi connectivity index (χ1) is 37.1. The molecule has 0 rings (SSSR count). The van der Waals surface area contributed by atoms with Crippen molar-refractivity contribution in [1.82, 2.24) is 0 Å². The minimum atomic E-state index is -4.53. The van der Waals surface area contributed by atoms with Gasteiger partial charge in [-0.2, -0.15) is 0 Å². The van der Waals surface area contributed by atoms with Gasteiger partial charge in [-0.25, -0.2) is 0 Å². The molecule has 0 aromatic rings. The van der Waals surface area contributed by atoms with Crippen LogP contribution in [-0.2, 0) is 27.9 Å². The van der Waals surface area contributed by atoms with Crippen molar-refractivity contribution in [1.29, 1.82) is 0 Å². The summed E-state index contributed by atoms with van der Waals surface area (Å²) < 4.78 is 35.0. The van der Waals surface area contributed by atoms with Gasteiger partial charge in [0.2, 0.25) is 0 Å². The highest BCUT2D eigenvalue weighted by molar-refractivity contribution is 7.45. The van der Waals surface area contributed by atoms with Crippen LogP contribution in [0.2, 0.25) is 0 Å². The summed E-state index contributed by atoms with van der Waals surface area (Å²) in [6, 6.07) is 0. The molecule has 8 nitrogen and oxygen atoms in total. The van der Waals surface area contributed by atoms with Gasteiger partial charge in [-0.3, -0.25) is 9.36 Å². The number of phosphoric acid groups is 1. The van der Waals surface area contributed by atoms with Gasteiger partial charge in [0.05, 0.1) is 34.4 Å². The van der Waals surface area contributed by atoms with Crippen LogP contribution in [0, 0.1) is 0 Å². The average molecular weight is 1100 g/mol. The van der Waals surface area contributed by atoms with Crippen molar-refractivity contribution in [2.75, 3.05) is 54.1 Å². The number of hydrogen-bond acceptors (Lipinski definition) is 7. The molecule has 0 saturated heterocycles. The first-order valence-corrected chi connectivity index (χ1v) is 35.7. The van der Waals surface area contributed by atoms with Gasteiger partial charge in [0.25, 0.3) is 7.82 Å². The highest BCUT2D eigenvalue weighted by Gasteiger charge is 2.20. The smallest absolute Gasteiger partial charge is 0.306 e. The van der Waals surface area contributed by atoms with Gasteiger partial charge in [0.15, 0.2) is 0 Å². The third-order valence-electron chi connectivity index (χ3n) is 15.9. The minimum absolute atomic E-state index is 0.0322. The summed E-state index contributed by atoms with van der Waals surface area (Å²) >= 11 is 0. The molecular weight excluding hydrogens is 962 g/mol. The third kappa shape index (κ3) is 64.3. The predicted octanol–water partition coefficient (Wildman–Crippen LogP) is 21.6. The molecule has 0 aromatic heterocycles. The van der Waals surface area contributed by atoms with Crippen LogP contribution in [0.3, 0.4) is 0 Å². The Labute approximate surface area is 476 Å². The van der Waals surface area contributed by atoms with E-state index in [4.69, 9.17) is 18.5 Å². The van der Waals surface area contributed by atoms with Crippen LogP contribution in [-0.4, -0.2) is 70.7 Å². The molecule has 0 aliphatic rings. The van der Waals surface area contributed by atoms with Gasteiger partial charge < -0.3 is 27.9 Å². The van der Waals surface area contributed by atoms with Crippen molar-refractivity contribution in [3.05, 3.63) is 0 Å². The van der Waals surface area contributed by atoms with E-state index in [2.05, 4.69) is 13.8 Å². The quantitative estimate of drug-likeness (QED) is 0.0259. The molecule has 0 aliphatic carbocycles. The first kappa shape index (κ1) is 75.5. The summed E-state index contributed by atoms with van der Waals surface area (Å²) in [5, 5.41) is 0. The number of esters is 1. The Morgan fingerprint density at radius 2 is 0.605 bits per heavy atom. The first-order valence-electron chi connectivity index (χ1n) is 34.3. The summed E-state index contributed by atoms with van der Waals surface area (Å²) in [5.74, 6) is -0.321. The van der Waals surface area contributed by atoms with E-state index in [1.807, 2.05) is 21.1 Å². The van der Waals surface area contributed by atoms with Crippen LogP contribution < -0.4 is 4.89 Å². The fourth-order valence-electron chi connectivity index (χ4n) is 10.7. The van der Waals surface area contributed by atoms with Gasteiger partial charge in [0.1, 0.15) is 19.3 Å². The number of ether oxygens (including phenoxy) is 2. The van der Waals surface area contributed by atoms with E-state index in [1.54, 1.807) is 0 Å². The Kier molecular flexibility index (Phi) is 60.2. The van der Waals surface area contributed by atoms with Gasteiger partial charge in [-0.05, 0) is 12.8 Å². The van der Waals surface area contributed by atoms with Crippen LogP contribution in [0.15, 0.2) is 0 Å². The molecule has 0 fully saturated rings. The number of nitrogens with zero attached hydrogens (tertiary/aromatic N) is 1. The lowest BCUT2D eigenvalue weighted by Crippen LogP contribution is -2.37. The lowest BCUT2D eigenvalue weighted by molar-refractivity contribution is -0.870. The second kappa shape index (κ2) is 60.6. The molecule has 9 heteroatoms. The number of likely N-dealkylation sites (N-methyl/N-ethyl adjacent to an activating group) is 1. The van der Waals surface area contributed by atoms with E-state index in [9.17, 15) is 14.3 Å². The second-order valence-corrected chi connectivity index (χ2v) is 26.3. The van der Waals surface area contributed by atoms with Crippen molar-refractivity contribution in [2.24, 2.45) is 0 Å². The Balaban J connectivity index is 3.85. The monoisotopic (exact) mass is 1100 g/mol. The Morgan fingerprint density at radius 3 is 0.868 bits per heavy atom. The number of hydrogen-bond donors (Lipinski definition) is 0. The Hall–Kier alpha value is -0.500. The Bertz CT molecular complexity index is 1180. The maximum Gasteiger partial charge on any atom is 0.306 e. The van der Waals surface area contributed by atoms with Gasteiger partial charge in [-0.1, -0.05) is 348 Å². The predicted molar refractivity (Wildman–Crippen MR) is 328 cm³/mol. The third-order valence-corrected chi connectivity index (χ3v) is 16.9. The van der Waals surface area contributed by atoms with Crippen LogP contribution in [0.1, 0.15) is 367 Å². The van der Waals surface area contributed by atoms with Crippen molar-refractivity contribution in [2.45, 2.75) is 373 Å². The average Bonchev–Trinajstić information content (AvgIpc) is 3.39. The fourth-order valence-corrected chi connectivity index (χ4v) is 11.4. The number of carbonyl (C=O) groups excluding carboxylic acids is 1. The summed E-state index contributed by atoms with van der Waals surface area (Å²) in [6.45, 7) is 5.52. The summed E-state index contributed by atoms with van der Waals surface area (Å²) in [6.07, 6.45) is 73.4. The summed E-state index contributed by atoms with van der Waals surface area (Å²) in [7, 11) is 1.39. The molecule has 0 aromatic carbocycles. The van der Waals surface area contributed by atoms with E-state index in [0.29, 0.717) is 24.1 Å². The van der Waals surface area contributed by atoms with E-state index in [1.165, 1.54) is 315 Å². The molecule has 2 atom stereocenters. The lowest BCUT2D eigenvalue weighted by Gasteiger charge is -2.28. The van der Waals surface area contributed by atoms with Crippen LogP contribution in [0.5, 0.6) is 0 Å². The molecule has 456 valence electrons. The number of carbonyl (C=O) groups is 1. The molecule has 0 saturated carbocycles. The summed E-state index contributed by atoms with van der Waals surface area (Å²) in [4.78, 5) is 25.3. The molecule has 0 spiro atoms. The van der Waals surface area contributed by atoms with Gasteiger partial charge in [-0.15, -0.1) is 0 Å². The molecule has 76 heavy (non-hydrogen) atoms. The van der Waals surface area contributed by atoms with Crippen molar-refractivity contribution in [3.8, 4) is 0 Å². The lowest BCUT2D eigenvalue weighted by atomic mass is 10.0. The SMILES string of the molecule is CCCCCCCCCCCCCCCCCCCCCCCCCCCCCCCCCCCCC(=O)O[C@H](COCCCCCCCCCCCCCCCCCCCCCC)COP(=O)([O-])OCC[N+](C)(C)C. The van der Waals surface area contributed by atoms with Gasteiger partial charge in [0, 0.05) is 13.0 Å². The molecule has 0 amide bonds. The van der Waals surface area contributed by atoms with E-state index in [-0.39, 0.29) is 25.8 Å².